The van der Waals surface area contributed by atoms with E-state index in [4.69, 9.17) is 0 Å². The number of nitrogens with one attached hydrogen (secondary N) is 2. The molecule has 0 aromatic heterocycles. The normalized spacial score (nSPS) is 10.3. The van der Waals surface area contributed by atoms with Gasteiger partial charge in [0.25, 0.3) is 11.8 Å². The summed E-state index contributed by atoms with van der Waals surface area (Å²) >= 11 is 0. The van der Waals surface area contributed by atoms with Crippen molar-refractivity contribution < 1.29 is 14.0 Å². The van der Waals surface area contributed by atoms with E-state index in [-0.39, 0.29) is 24.2 Å². The number of benzene rings is 3. The zero-order valence-electron chi connectivity index (χ0n) is 14.8. The minimum Gasteiger partial charge on any atom is -0.348 e. The van der Waals surface area contributed by atoms with Crippen LogP contribution in [0.3, 0.4) is 0 Å². The van der Waals surface area contributed by atoms with Gasteiger partial charge < -0.3 is 10.6 Å². The van der Waals surface area contributed by atoms with Crippen LogP contribution in [0.25, 0.3) is 0 Å². The molecule has 3 aromatic carbocycles. The Balaban J connectivity index is 1.71. The minimum atomic E-state index is -0.363. The molecular weight excluding hydrogens is 343 g/mol. The lowest BCUT2D eigenvalue weighted by Crippen LogP contribution is -2.23. The SMILES string of the molecule is Cc1ccc(C(=O)NCc2ccccc2F)cc1NC(=O)c1ccccc1. The predicted octanol–water partition coefficient (Wildman–Crippen LogP) is 4.32. The van der Waals surface area contributed by atoms with Crippen molar-refractivity contribution >= 4 is 17.5 Å². The number of halogens is 1. The van der Waals surface area contributed by atoms with Crippen LogP contribution >= 0.6 is 0 Å². The Bertz CT molecular complexity index is 971. The van der Waals surface area contributed by atoms with Crippen LogP contribution in [-0.4, -0.2) is 11.8 Å². The molecule has 0 bridgehead atoms. The van der Waals surface area contributed by atoms with Crippen LogP contribution < -0.4 is 10.6 Å². The molecule has 3 aromatic rings. The fourth-order valence-corrected chi connectivity index (χ4v) is 2.60. The Morgan fingerprint density at radius 1 is 0.852 bits per heavy atom. The van der Waals surface area contributed by atoms with Gasteiger partial charge in [-0.2, -0.15) is 0 Å². The highest BCUT2D eigenvalue weighted by Crippen LogP contribution is 2.18. The van der Waals surface area contributed by atoms with Crippen molar-refractivity contribution in [1.82, 2.24) is 5.32 Å². The molecule has 0 aliphatic carbocycles. The summed E-state index contributed by atoms with van der Waals surface area (Å²) in [5, 5.41) is 5.52. The van der Waals surface area contributed by atoms with E-state index >= 15 is 0 Å². The largest absolute Gasteiger partial charge is 0.348 e. The number of anilines is 1. The summed E-state index contributed by atoms with van der Waals surface area (Å²) in [5.74, 6) is -0.950. The Morgan fingerprint density at radius 2 is 1.56 bits per heavy atom. The Kier molecular flexibility index (Phi) is 5.61. The van der Waals surface area contributed by atoms with Gasteiger partial charge in [-0.05, 0) is 42.8 Å². The summed E-state index contributed by atoms with van der Waals surface area (Å²) in [7, 11) is 0. The van der Waals surface area contributed by atoms with Gasteiger partial charge in [0.05, 0.1) is 0 Å². The van der Waals surface area contributed by atoms with Gasteiger partial charge in [0.15, 0.2) is 0 Å². The Labute approximate surface area is 157 Å². The second-order valence-corrected chi connectivity index (χ2v) is 6.12. The van der Waals surface area contributed by atoms with Crippen molar-refractivity contribution in [2.24, 2.45) is 0 Å². The zero-order chi connectivity index (χ0) is 19.2. The predicted molar refractivity (Wildman–Crippen MR) is 103 cm³/mol. The summed E-state index contributed by atoms with van der Waals surface area (Å²) in [5.41, 5.74) is 2.73. The standard InChI is InChI=1S/C22H19FN2O2/c1-15-11-12-17(21(26)24-14-18-9-5-6-10-19(18)23)13-20(15)25-22(27)16-7-3-2-4-8-16/h2-13H,14H2,1H3,(H,24,26)(H,25,27). The molecule has 136 valence electrons. The maximum Gasteiger partial charge on any atom is 0.255 e. The molecular formula is C22H19FN2O2. The van der Waals surface area contributed by atoms with Crippen LogP contribution in [0.5, 0.6) is 0 Å². The number of carbonyl (C=O) groups excluding carboxylic acids is 2. The molecule has 0 unspecified atom stereocenters. The number of aryl methyl sites for hydroxylation is 1. The summed E-state index contributed by atoms with van der Waals surface area (Å²) in [6, 6.07) is 20.2. The van der Waals surface area contributed by atoms with E-state index in [0.29, 0.717) is 22.4 Å². The van der Waals surface area contributed by atoms with E-state index in [9.17, 15) is 14.0 Å². The highest BCUT2D eigenvalue weighted by molar-refractivity contribution is 6.05. The van der Waals surface area contributed by atoms with Crippen LogP contribution in [0.1, 0.15) is 31.8 Å². The van der Waals surface area contributed by atoms with Crippen molar-refractivity contribution in [2.45, 2.75) is 13.5 Å². The lowest BCUT2D eigenvalue weighted by molar-refractivity contribution is 0.0949. The van der Waals surface area contributed by atoms with Crippen molar-refractivity contribution in [2.75, 3.05) is 5.32 Å². The fraction of sp³-hybridized carbons (Fsp3) is 0.0909. The van der Waals surface area contributed by atoms with Gasteiger partial charge in [0, 0.05) is 28.9 Å². The van der Waals surface area contributed by atoms with E-state index in [1.54, 1.807) is 60.7 Å². The van der Waals surface area contributed by atoms with Gasteiger partial charge in [-0.1, -0.05) is 42.5 Å². The Hall–Kier alpha value is -3.47. The third-order valence-electron chi connectivity index (χ3n) is 4.18. The van der Waals surface area contributed by atoms with Gasteiger partial charge in [-0.25, -0.2) is 4.39 Å². The first-order valence-electron chi connectivity index (χ1n) is 8.53. The van der Waals surface area contributed by atoms with Gasteiger partial charge in [0.1, 0.15) is 5.82 Å². The molecule has 0 spiro atoms. The quantitative estimate of drug-likeness (QED) is 0.710. The lowest BCUT2D eigenvalue weighted by atomic mass is 10.1. The first kappa shape index (κ1) is 18.3. The number of amides is 2. The molecule has 0 saturated carbocycles. The van der Waals surface area contributed by atoms with Crippen LogP contribution in [0.15, 0.2) is 72.8 Å². The summed E-state index contributed by atoms with van der Waals surface area (Å²) in [4.78, 5) is 24.7. The minimum absolute atomic E-state index is 0.0884. The van der Waals surface area contributed by atoms with Crippen molar-refractivity contribution in [3.63, 3.8) is 0 Å². The smallest absolute Gasteiger partial charge is 0.255 e. The van der Waals surface area contributed by atoms with Crippen LogP contribution in [0, 0.1) is 12.7 Å². The van der Waals surface area contributed by atoms with Crippen molar-refractivity contribution in [1.29, 1.82) is 0 Å². The molecule has 0 atom stereocenters. The first-order chi connectivity index (χ1) is 13.0. The van der Waals surface area contributed by atoms with Gasteiger partial charge in [-0.3, -0.25) is 9.59 Å². The molecule has 3 rings (SSSR count). The molecule has 0 aliphatic heterocycles. The fourth-order valence-electron chi connectivity index (χ4n) is 2.60. The third kappa shape index (κ3) is 4.58. The topological polar surface area (TPSA) is 58.2 Å². The van der Waals surface area contributed by atoms with Crippen LogP contribution in [0.2, 0.25) is 0 Å². The van der Waals surface area contributed by atoms with Crippen molar-refractivity contribution in [3.05, 3.63) is 101 Å². The van der Waals surface area contributed by atoms with Crippen LogP contribution in [-0.2, 0) is 6.54 Å². The molecule has 4 nitrogen and oxygen atoms in total. The number of rotatable bonds is 5. The summed E-state index contributed by atoms with van der Waals surface area (Å²) in [6.07, 6.45) is 0. The third-order valence-corrected chi connectivity index (χ3v) is 4.18. The monoisotopic (exact) mass is 362 g/mol. The molecule has 2 amide bonds. The molecule has 0 fully saturated rings. The number of carbonyl (C=O) groups is 2. The first-order valence-corrected chi connectivity index (χ1v) is 8.53. The van der Waals surface area contributed by atoms with Gasteiger partial charge >= 0.3 is 0 Å². The Morgan fingerprint density at radius 3 is 2.30 bits per heavy atom. The van der Waals surface area contributed by atoms with Crippen molar-refractivity contribution in [3.8, 4) is 0 Å². The van der Waals surface area contributed by atoms with E-state index in [2.05, 4.69) is 10.6 Å². The average molecular weight is 362 g/mol. The zero-order valence-corrected chi connectivity index (χ0v) is 14.8. The molecule has 0 aliphatic rings. The average Bonchev–Trinajstić information content (AvgIpc) is 2.69. The van der Waals surface area contributed by atoms with Crippen LogP contribution in [0.4, 0.5) is 10.1 Å². The molecule has 2 N–H and O–H groups in total. The number of hydrogen-bond acceptors (Lipinski definition) is 2. The second kappa shape index (κ2) is 8.27. The number of hydrogen-bond donors (Lipinski definition) is 2. The van der Waals surface area contributed by atoms with E-state index < -0.39 is 0 Å². The van der Waals surface area contributed by atoms with E-state index in [1.165, 1.54) is 6.07 Å². The summed E-state index contributed by atoms with van der Waals surface area (Å²) in [6.45, 7) is 1.94. The highest BCUT2D eigenvalue weighted by atomic mass is 19.1. The van der Waals surface area contributed by atoms with E-state index in [1.807, 2.05) is 13.0 Å². The van der Waals surface area contributed by atoms with Gasteiger partial charge in [0.2, 0.25) is 0 Å². The maximum absolute atomic E-state index is 13.7. The summed E-state index contributed by atoms with van der Waals surface area (Å²) < 4.78 is 13.7. The second-order valence-electron chi connectivity index (χ2n) is 6.12. The lowest BCUT2D eigenvalue weighted by Gasteiger charge is -2.11. The molecule has 0 radical (unpaired) electrons. The molecule has 5 heteroatoms. The van der Waals surface area contributed by atoms with E-state index in [0.717, 1.165) is 5.56 Å². The highest BCUT2D eigenvalue weighted by Gasteiger charge is 2.12. The molecule has 0 heterocycles. The molecule has 27 heavy (non-hydrogen) atoms. The maximum atomic E-state index is 13.7. The molecule has 0 saturated heterocycles. The van der Waals surface area contributed by atoms with Gasteiger partial charge in [-0.15, -0.1) is 0 Å².